The largest absolute Gasteiger partial charge is 0.387 e. The van der Waals surface area contributed by atoms with Crippen LogP contribution in [0.1, 0.15) is 23.6 Å². The molecule has 23 heavy (non-hydrogen) atoms. The SMILES string of the molecule is Cc1ccc(Nc2nccc([C@H]3CCN(C(=O)CO)C3)n2)nc1. The van der Waals surface area contributed by atoms with Crippen molar-refractivity contribution in [3.05, 3.63) is 41.9 Å². The quantitative estimate of drug-likeness (QED) is 0.882. The van der Waals surface area contributed by atoms with Gasteiger partial charge in [-0.1, -0.05) is 6.07 Å². The number of amides is 1. The lowest BCUT2D eigenvalue weighted by atomic mass is 10.1. The van der Waals surface area contributed by atoms with E-state index in [1.807, 2.05) is 25.1 Å². The first kappa shape index (κ1) is 15.4. The van der Waals surface area contributed by atoms with Crippen molar-refractivity contribution < 1.29 is 9.90 Å². The molecule has 7 heteroatoms. The van der Waals surface area contributed by atoms with Crippen molar-refractivity contribution in [2.45, 2.75) is 19.3 Å². The molecule has 0 bridgehead atoms. The molecule has 0 spiro atoms. The number of aliphatic hydroxyl groups excluding tert-OH is 1. The minimum Gasteiger partial charge on any atom is -0.387 e. The standard InChI is InChI=1S/C16H19N5O2/c1-11-2-3-14(18-8-11)20-16-17-6-4-13(19-16)12-5-7-21(9-12)15(23)10-22/h2-4,6,8,12,22H,5,7,9-10H2,1H3,(H,17,18,19,20)/t12-/m0/s1. The molecule has 0 aliphatic carbocycles. The summed E-state index contributed by atoms with van der Waals surface area (Å²) < 4.78 is 0. The minimum absolute atomic E-state index is 0.167. The summed E-state index contributed by atoms with van der Waals surface area (Å²) in [5.41, 5.74) is 1.98. The Bertz CT molecular complexity index is 689. The second-order valence-electron chi connectivity index (χ2n) is 5.63. The number of rotatable bonds is 4. The summed E-state index contributed by atoms with van der Waals surface area (Å²) in [6, 6.07) is 5.71. The molecule has 3 rings (SSSR count). The number of carbonyl (C=O) groups excluding carboxylic acids is 1. The third kappa shape index (κ3) is 3.62. The molecule has 0 unspecified atom stereocenters. The fraction of sp³-hybridized carbons (Fsp3) is 0.375. The highest BCUT2D eigenvalue weighted by Gasteiger charge is 2.27. The van der Waals surface area contributed by atoms with Gasteiger partial charge in [0.1, 0.15) is 12.4 Å². The Hall–Kier alpha value is -2.54. The van der Waals surface area contributed by atoms with Crippen LogP contribution in [0.25, 0.3) is 0 Å². The Morgan fingerprint density at radius 3 is 3.00 bits per heavy atom. The molecule has 1 saturated heterocycles. The zero-order valence-corrected chi connectivity index (χ0v) is 12.9. The van der Waals surface area contributed by atoms with Gasteiger partial charge < -0.3 is 15.3 Å². The normalized spacial score (nSPS) is 17.3. The van der Waals surface area contributed by atoms with Gasteiger partial charge in [0, 0.05) is 31.4 Å². The lowest BCUT2D eigenvalue weighted by Gasteiger charge is -2.15. The second-order valence-corrected chi connectivity index (χ2v) is 5.63. The predicted octanol–water partition coefficient (Wildman–Crippen LogP) is 1.23. The number of hydrogen-bond acceptors (Lipinski definition) is 6. The predicted molar refractivity (Wildman–Crippen MR) is 85.3 cm³/mol. The van der Waals surface area contributed by atoms with Gasteiger partial charge in [-0.25, -0.2) is 15.0 Å². The van der Waals surface area contributed by atoms with Crippen LogP contribution in [0.4, 0.5) is 11.8 Å². The van der Waals surface area contributed by atoms with Gasteiger partial charge in [-0.05, 0) is 31.0 Å². The average molecular weight is 313 g/mol. The third-order valence-electron chi connectivity index (χ3n) is 3.92. The first-order chi connectivity index (χ1) is 11.2. The van der Waals surface area contributed by atoms with Crippen molar-refractivity contribution >= 4 is 17.7 Å². The zero-order valence-electron chi connectivity index (χ0n) is 12.9. The number of aromatic nitrogens is 3. The average Bonchev–Trinajstić information content (AvgIpc) is 3.07. The number of nitrogens with one attached hydrogen (secondary N) is 1. The van der Waals surface area contributed by atoms with Crippen LogP contribution in [0.2, 0.25) is 0 Å². The Morgan fingerprint density at radius 1 is 1.39 bits per heavy atom. The van der Waals surface area contributed by atoms with Gasteiger partial charge in [-0.3, -0.25) is 4.79 Å². The number of aryl methyl sites for hydroxylation is 1. The molecular formula is C16H19N5O2. The molecule has 3 heterocycles. The van der Waals surface area contributed by atoms with E-state index in [4.69, 9.17) is 5.11 Å². The summed E-state index contributed by atoms with van der Waals surface area (Å²) in [5, 5.41) is 12.0. The van der Waals surface area contributed by atoms with Crippen molar-refractivity contribution in [2.75, 3.05) is 25.0 Å². The van der Waals surface area contributed by atoms with Crippen LogP contribution in [0.3, 0.4) is 0 Å². The van der Waals surface area contributed by atoms with Gasteiger partial charge in [-0.2, -0.15) is 0 Å². The van der Waals surface area contributed by atoms with Gasteiger partial charge in [0.15, 0.2) is 0 Å². The van der Waals surface area contributed by atoms with Crippen molar-refractivity contribution in [1.82, 2.24) is 19.9 Å². The van der Waals surface area contributed by atoms with Gasteiger partial charge >= 0.3 is 0 Å². The van der Waals surface area contributed by atoms with Crippen LogP contribution >= 0.6 is 0 Å². The van der Waals surface area contributed by atoms with E-state index in [0.29, 0.717) is 24.9 Å². The minimum atomic E-state index is -0.442. The highest BCUT2D eigenvalue weighted by molar-refractivity contribution is 5.77. The second kappa shape index (κ2) is 6.70. The Morgan fingerprint density at radius 2 is 2.26 bits per heavy atom. The fourth-order valence-electron chi connectivity index (χ4n) is 2.64. The lowest BCUT2D eigenvalue weighted by molar-refractivity contribution is -0.133. The van der Waals surface area contributed by atoms with E-state index in [2.05, 4.69) is 20.3 Å². The maximum absolute atomic E-state index is 11.5. The molecule has 1 fully saturated rings. The molecule has 2 N–H and O–H groups in total. The number of anilines is 2. The van der Waals surface area contributed by atoms with E-state index < -0.39 is 6.61 Å². The molecule has 2 aromatic heterocycles. The first-order valence-electron chi connectivity index (χ1n) is 7.57. The number of carbonyl (C=O) groups is 1. The maximum atomic E-state index is 11.5. The molecule has 1 aliphatic heterocycles. The molecule has 2 aromatic rings. The van der Waals surface area contributed by atoms with Crippen molar-refractivity contribution in [1.29, 1.82) is 0 Å². The molecule has 7 nitrogen and oxygen atoms in total. The van der Waals surface area contributed by atoms with Crippen LogP contribution < -0.4 is 5.32 Å². The monoisotopic (exact) mass is 313 g/mol. The Labute approximate surface area is 134 Å². The van der Waals surface area contributed by atoms with Crippen molar-refractivity contribution in [2.24, 2.45) is 0 Å². The van der Waals surface area contributed by atoms with Crippen molar-refractivity contribution in [3.63, 3.8) is 0 Å². The summed E-state index contributed by atoms with van der Waals surface area (Å²) in [6.45, 7) is 2.77. The molecule has 1 amide bonds. The highest BCUT2D eigenvalue weighted by Crippen LogP contribution is 2.26. The van der Waals surface area contributed by atoms with Crippen LogP contribution in [0, 0.1) is 6.92 Å². The van der Waals surface area contributed by atoms with E-state index >= 15 is 0 Å². The van der Waals surface area contributed by atoms with Crippen LogP contribution in [-0.4, -0.2) is 50.6 Å². The highest BCUT2D eigenvalue weighted by atomic mass is 16.3. The van der Waals surface area contributed by atoms with E-state index in [1.54, 1.807) is 17.3 Å². The van der Waals surface area contributed by atoms with E-state index in [0.717, 1.165) is 17.7 Å². The topological polar surface area (TPSA) is 91.2 Å². The van der Waals surface area contributed by atoms with Crippen LogP contribution in [0.5, 0.6) is 0 Å². The van der Waals surface area contributed by atoms with Crippen LogP contribution in [-0.2, 0) is 4.79 Å². The molecule has 0 saturated carbocycles. The fourth-order valence-corrected chi connectivity index (χ4v) is 2.64. The summed E-state index contributed by atoms with van der Waals surface area (Å²) in [7, 11) is 0. The maximum Gasteiger partial charge on any atom is 0.248 e. The first-order valence-corrected chi connectivity index (χ1v) is 7.57. The van der Waals surface area contributed by atoms with Gasteiger partial charge in [0.25, 0.3) is 0 Å². The number of pyridine rings is 1. The van der Waals surface area contributed by atoms with Gasteiger partial charge in [-0.15, -0.1) is 0 Å². The molecule has 0 radical (unpaired) electrons. The number of nitrogens with zero attached hydrogens (tertiary/aromatic N) is 4. The smallest absolute Gasteiger partial charge is 0.248 e. The van der Waals surface area contributed by atoms with E-state index in [1.165, 1.54) is 0 Å². The summed E-state index contributed by atoms with van der Waals surface area (Å²) >= 11 is 0. The third-order valence-corrected chi connectivity index (χ3v) is 3.92. The zero-order chi connectivity index (χ0) is 16.2. The lowest BCUT2D eigenvalue weighted by Crippen LogP contribution is -2.30. The van der Waals surface area contributed by atoms with Crippen molar-refractivity contribution in [3.8, 4) is 0 Å². The summed E-state index contributed by atoms with van der Waals surface area (Å²) in [6.07, 6.45) is 4.32. The van der Waals surface area contributed by atoms with Crippen LogP contribution in [0.15, 0.2) is 30.6 Å². The Kier molecular flexibility index (Phi) is 4.47. The molecular weight excluding hydrogens is 294 g/mol. The summed E-state index contributed by atoms with van der Waals surface area (Å²) in [5.74, 6) is 1.12. The molecule has 1 aliphatic rings. The molecule has 120 valence electrons. The number of likely N-dealkylation sites (tertiary alicyclic amines) is 1. The summed E-state index contributed by atoms with van der Waals surface area (Å²) in [4.78, 5) is 26.2. The number of hydrogen-bond donors (Lipinski definition) is 2. The van der Waals surface area contributed by atoms with E-state index in [-0.39, 0.29) is 11.8 Å². The molecule has 0 aromatic carbocycles. The van der Waals surface area contributed by atoms with Gasteiger partial charge in [0.2, 0.25) is 11.9 Å². The molecule has 1 atom stereocenters. The number of aliphatic hydroxyl groups is 1. The Balaban J connectivity index is 1.70. The van der Waals surface area contributed by atoms with E-state index in [9.17, 15) is 4.79 Å². The van der Waals surface area contributed by atoms with Gasteiger partial charge in [0.05, 0.1) is 5.69 Å².